The van der Waals surface area contributed by atoms with Crippen molar-refractivity contribution < 1.29 is 0 Å². The molecule has 0 bridgehead atoms. The van der Waals surface area contributed by atoms with Gasteiger partial charge in [0.15, 0.2) is 0 Å². The van der Waals surface area contributed by atoms with Crippen molar-refractivity contribution in [1.29, 1.82) is 5.41 Å². The second-order valence-electron chi connectivity index (χ2n) is 3.86. The molecule has 1 N–H and O–H groups in total. The van der Waals surface area contributed by atoms with E-state index in [0.29, 0.717) is 5.49 Å². The number of aromatic nitrogens is 2. The van der Waals surface area contributed by atoms with Crippen LogP contribution < -0.4 is 5.49 Å². The number of aryl methyl sites for hydroxylation is 1. The molecule has 3 nitrogen and oxygen atoms in total. The number of benzene rings is 1. The summed E-state index contributed by atoms with van der Waals surface area (Å²) in [6, 6.07) is 11.7. The van der Waals surface area contributed by atoms with E-state index in [1.807, 2.05) is 49.5 Å². The molecule has 0 amide bonds. The van der Waals surface area contributed by atoms with Gasteiger partial charge < -0.3 is 0 Å². The number of fused-ring (bicyclic) bond motifs is 2. The largest absolute Gasteiger partial charge is 0.286 e. The fraction of sp³-hybridized carbons (Fsp3) is 0.0769. The molecule has 0 saturated carbocycles. The third kappa shape index (κ3) is 1.15. The van der Waals surface area contributed by atoms with E-state index in [1.165, 1.54) is 0 Å². The second-order valence-corrected chi connectivity index (χ2v) is 3.86. The summed E-state index contributed by atoms with van der Waals surface area (Å²) >= 11 is 0. The van der Waals surface area contributed by atoms with Crippen LogP contribution in [0.2, 0.25) is 0 Å². The maximum atomic E-state index is 8.20. The van der Waals surface area contributed by atoms with Gasteiger partial charge in [-0.2, -0.15) is 0 Å². The summed E-state index contributed by atoms with van der Waals surface area (Å²) in [5, 5.41) is 9.12. The predicted molar refractivity (Wildman–Crippen MR) is 63.3 cm³/mol. The second kappa shape index (κ2) is 3.17. The Hall–Kier alpha value is -2.16. The van der Waals surface area contributed by atoms with Crippen LogP contribution in [0.3, 0.4) is 0 Å². The zero-order valence-electron chi connectivity index (χ0n) is 8.94. The molecule has 0 aliphatic heterocycles. The first-order chi connectivity index (χ1) is 7.77. The lowest BCUT2D eigenvalue weighted by Crippen LogP contribution is -2.15. The van der Waals surface area contributed by atoms with Crippen molar-refractivity contribution in [2.24, 2.45) is 0 Å². The van der Waals surface area contributed by atoms with Crippen LogP contribution in [-0.4, -0.2) is 9.38 Å². The van der Waals surface area contributed by atoms with Gasteiger partial charge in [0.2, 0.25) is 0 Å². The van der Waals surface area contributed by atoms with Gasteiger partial charge in [-0.3, -0.25) is 9.81 Å². The minimum atomic E-state index is 0.499. The standard InChI is InChI=1S/C13H11N3/c1-9-5-4-6-10-12(9)13(14)16-8-3-2-7-11(16)15-10/h2-8,14H,1H3. The number of nitrogens with zero attached hydrogens (tertiary/aromatic N) is 2. The summed E-state index contributed by atoms with van der Waals surface area (Å²) in [4.78, 5) is 4.54. The van der Waals surface area contributed by atoms with Crippen LogP contribution in [-0.2, 0) is 0 Å². The molecular weight excluding hydrogens is 198 g/mol. The van der Waals surface area contributed by atoms with Crippen LogP contribution in [0.15, 0.2) is 42.6 Å². The predicted octanol–water partition coefficient (Wildman–Crippen LogP) is 2.28. The lowest BCUT2D eigenvalue weighted by atomic mass is 10.1. The fourth-order valence-electron chi connectivity index (χ4n) is 2.01. The van der Waals surface area contributed by atoms with E-state index in [4.69, 9.17) is 5.41 Å². The lowest BCUT2D eigenvalue weighted by Gasteiger charge is -2.06. The van der Waals surface area contributed by atoms with E-state index in [9.17, 15) is 0 Å². The van der Waals surface area contributed by atoms with E-state index in [-0.39, 0.29) is 0 Å². The highest BCUT2D eigenvalue weighted by molar-refractivity contribution is 5.82. The molecule has 3 aromatic rings. The topological polar surface area (TPSA) is 41.2 Å². The highest BCUT2D eigenvalue weighted by Crippen LogP contribution is 2.12. The molecule has 3 rings (SSSR count). The maximum Gasteiger partial charge on any atom is 0.140 e. The third-order valence-corrected chi connectivity index (χ3v) is 2.80. The van der Waals surface area contributed by atoms with Gasteiger partial charge in [-0.1, -0.05) is 18.2 Å². The molecule has 3 heteroatoms. The summed E-state index contributed by atoms with van der Waals surface area (Å²) in [7, 11) is 0. The lowest BCUT2D eigenvalue weighted by molar-refractivity contribution is 1.000. The molecule has 16 heavy (non-hydrogen) atoms. The van der Waals surface area contributed by atoms with Gasteiger partial charge in [0.05, 0.1) is 5.52 Å². The van der Waals surface area contributed by atoms with Crippen LogP contribution in [0.5, 0.6) is 0 Å². The molecule has 0 unspecified atom stereocenters. The average Bonchev–Trinajstić information content (AvgIpc) is 2.29. The first-order valence-corrected chi connectivity index (χ1v) is 5.19. The smallest absolute Gasteiger partial charge is 0.140 e. The maximum absolute atomic E-state index is 8.20. The summed E-state index contributed by atoms with van der Waals surface area (Å²) in [5.41, 5.74) is 3.29. The zero-order valence-corrected chi connectivity index (χ0v) is 8.94. The average molecular weight is 209 g/mol. The summed E-state index contributed by atoms with van der Waals surface area (Å²) in [6.45, 7) is 2.01. The highest BCUT2D eigenvalue weighted by Gasteiger charge is 2.03. The Labute approximate surface area is 92.5 Å². The molecule has 0 radical (unpaired) electrons. The van der Waals surface area contributed by atoms with E-state index < -0.39 is 0 Å². The Morgan fingerprint density at radius 3 is 2.88 bits per heavy atom. The highest BCUT2D eigenvalue weighted by atomic mass is 15.0. The van der Waals surface area contributed by atoms with Crippen molar-refractivity contribution in [3.05, 3.63) is 53.6 Å². The summed E-state index contributed by atoms with van der Waals surface area (Å²) < 4.78 is 1.80. The van der Waals surface area contributed by atoms with Gasteiger partial charge in [0.1, 0.15) is 11.1 Å². The van der Waals surface area contributed by atoms with E-state index >= 15 is 0 Å². The minimum absolute atomic E-state index is 0.499. The number of pyridine rings is 1. The molecule has 78 valence electrons. The minimum Gasteiger partial charge on any atom is -0.286 e. The van der Waals surface area contributed by atoms with Crippen molar-refractivity contribution in [1.82, 2.24) is 9.38 Å². The SMILES string of the molecule is Cc1cccc2nc3ccccn3c(=N)c12. The number of hydrogen-bond acceptors (Lipinski definition) is 2. The van der Waals surface area contributed by atoms with Crippen LogP contribution >= 0.6 is 0 Å². The molecule has 1 aromatic carbocycles. The van der Waals surface area contributed by atoms with E-state index in [2.05, 4.69) is 4.98 Å². The Kier molecular flexibility index (Phi) is 1.80. The molecule has 0 atom stereocenters. The Balaban J connectivity index is 2.67. The number of hydrogen-bond donors (Lipinski definition) is 1. The Morgan fingerprint density at radius 2 is 2.00 bits per heavy atom. The van der Waals surface area contributed by atoms with Crippen LogP contribution in [0, 0.1) is 12.3 Å². The van der Waals surface area contributed by atoms with Crippen molar-refractivity contribution in [3.8, 4) is 0 Å². The van der Waals surface area contributed by atoms with Crippen LogP contribution in [0.4, 0.5) is 0 Å². The quantitative estimate of drug-likeness (QED) is 0.567. The van der Waals surface area contributed by atoms with Crippen molar-refractivity contribution in [2.75, 3.05) is 0 Å². The molecule has 0 fully saturated rings. The number of rotatable bonds is 0. The van der Waals surface area contributed by atoms with E-state index in [1.54, 1.807) is 4.40 Å². The van der Waals surface area contributed by atoms with Gasteiger partial charge in [0.25, 0.3) is 0 Å². The molecule has 0 aliphatic carbocycles. The zero-order chi connectivity index (χ0) is 11.1. The Morgan fingerprint density at radius 1 is 1.12 bits per heavy atom. The molecule has 2 aromatic heterocycles. The van der Waals surface area contributed by atoms with Gasteiger partial charge >= 0.3 is 0 Å². The van der Waals surface area contributed by atoms with Crippen molar-refractivity contribution in [2.45, 2.75) is 6.92 Å². The van der Waals surface area contributed by atoms with Gasteiger partial charge in [-0.25, -0.2) is 4.98 Å². The molecule has 0 saturated heterocycles. The first kappa shape index (κ1) is 9.09. The normalized spacial score (nSPS) is 11.1. The molecule has 0 spiro atoms. The van der Waals surface area contributed by atoms with Gasteiger partial charge in [-0.15, -0.1) is 0 Å². The van der Waals surface area contributed by atoms with Crippen molar-refractivity contribution >= 4 is 16.6 Å². The fourth-order valence-corrected chi connectivity index (χ4v) is 2.01. The van der Waals surface area contributed by atoms with E-state index in [0.717, 1.165) is 22.1 Å². The summed E-state index contributed by atoms with van der Waals surface area (Å²) in [6.07, 6.45) is 1.87. The van der Waals surface area contributed by atoms with Crippen LogP contribution in [0.25, 0.3) is 16.6 Å². The molecular formula is C13H11N3. The Bertz CT molecular complexity index is 741. The molecule has 2 heterocycles. The number of nitrogens with one attached hydrogen (secondary N) is 1. The third-order valence-electron chi connectivity index (χ3n) is 2.80. The first-order valence-electron chi connectivity index (χ1n) is 5.19. The monoisotopic (exact) mass is 209 g/mol. The van der Waals surface area contributed by atoms with Gasteiger partial charge in [-0.05, 0) is 30.7 Å². The molecule has 0 aliphatic rings. The summed E-state index contributed by atoms with van der Waals surface area (Å²) in [5.74, 6) is 0. The van der Waals surface area contributed by atoms with Crippen molar-refractivity contribution in [3.63, 3.8) is 0 Å². The van der Waals surface area contributed by atoms with Crippen LogP contribution in [0.1, 0.15) is 5.56 Å². The van der Waals surface area contributed by atoms with Gasteiger partial charge in [0, 0.05) is 11.6 Å².